The average molecular weight is 181 g/mol. The van der Waals surface area contributed by atoms with E-state index in [2.05, 4.69) is 17.2 Å². The van der Waals surface area contributed by atoms with Crippen molar-refractivity contribution < 1.29 is 5.11 Å². The summed E-state index contributed by atoms with van der Waals surface area (Å²) in [4.78, 5) is 0. The van der Waals surface area contributed by atoms with Gasteiger partial charge in [0.1, 0.15) is 0 Å². The van der Waals surface area contributed by atoms with Crippen LogP contribution in [-0.4, -0.2) is 24.8 Å². The maximum atomic E-state index is 9.30. The topological polar surface area (TPSA) is 32.3 Å². The van der Waals surface area contributed by atoms with E-state index in [9.17, 15) is 5.11 Å². The third-order valence-electron chi connectivity index (χ3n) is 2.89. The monoisotopic (exact) mass is 181 g/mol. The molecule has 0 saturated heterocycles. The van der Waals surface area contributed by atoms with E-state index in [-0.39, 0.29) is 5.41 Å². The standard InChI is InChI=1S/C11H19NO/c1-2-3-8-12-9-11(10-13)6-4-5-7-11/h12-13H,4-10H2,1H3. The number of nitrogens with one attached hydrogen (secondary N) is 1. The lowest BCUT2D eigenvalue weighted by atomic mass is 9.87. The highest BCUT2D eigenvalue weighted by Gasteiger charge is 2.32. The molecule has 2 nitrogen and oxygen atoms in total. The molecule has 0 aromatic heterocycles. The minimum Gasteiger partial charge on any atom is -0.396 e. The Morgan fingerprint density at radius 2 is 2.08 bits per heavy atom. The molecule has 74 valence electrons. The minimum atomic E-state index is 0.162. The maximum Gasteiger partial charge on any atom is 0.0576 e. The zero-order valence-electron chi connectivity index (χ0n) is 8.40. The summed E-state index contributed by atoms with van der Waals surface area (Å²) in [7, 11) is 0. The number of rotatable bonds is 4. The third kappa shape index (κ3) is 3.02. The molecule has 2 heteroatoms. The van der Waals surface area contributed by atoms with Crippen LogP contribution in [0.2, 0.25) is 0 Å². The molecular formula is C11H19NO. The van der Waals surface area contributed by atoms with E-state index >= 15 is 0 Å². The summed E-state index contributed by atoms with van der Waals surface area (Å²) in [5, 5.41) is 12.6. The number of hydrogen-bond acceptors (Lipinski definition) is 2. The first-order valence-electron chi connectivity index (χ1n) is 5.04. The summed E-state index contributed by atoms with van der Waals surface area (Å²) in [6.07, 6.45) is 4.86. The van der Waals surface area contributed by atoms with Crippen molar-refractivity contribution in [2.24, 2.45) is 5.41 Å². The molecule has 0 spiro atoms. The second kappa shape index (κ2) is 5.26. The Hall–Kier alpha value is -0.520. The van der Waals surface area contributed by atoms with Gasteiger partial charge in [-0.3, -0.25) is 0 Å². The van der Waals surface area contributed by atoms with Gasteiger partial charge in [-0.15, -0.1) is 5.92 Å². The van der Waals surface area contributed by atoms with Crippen molar-refractivity contribution in [3.63, 3.8) is 0 Å². The van der Waals surface area contributed by atoms with Crippen LogP contribution in [0.3, 0.4) is 0 Å². The Kier molecular flexibility index (Phi) is 4.27. The Labute approximate surface area is 80.7 Å². The van der Waals surface area contributed by atoms with Crippen molar-refractivity contribution in [2.75, 3.05) is 19.7 Å². The van der Waals surface area contributed by atoms with Crippen molar-refractivity contribution in [2.45, 2.75) is 32.6 Å². The molecule has 0 aromatic carbocycles. The summed E-state index contributed by atoms with van der Waals surface area (Å²) >= 11 is 0. The Bertz CT molecular complexity index is 196. The van der Waals surface area contributed by atoms with Gasteiger partial charge in [-0.2, -0.15) is 0 Å². The van der Waals surface area contributed by atoms with E-state index in [0.717, 1.165) is 25.9 Å². The summed E-state index contributed by atoms with van der Waals surface area (Å²) in [6.45, 7) is 3.83. The highest BCUT2D eigenvalue weighted by Crippen LogP contribution is 2.36. The fourth-order valence-corrected chi connectivity index (χ4v) is 1.99. The molecule has 0 aliphatic heterocycles. The van der Waals surface area contributed by atoms with Crippen LogP contribution >= 0.6 is 0 Å². The molecule has 2 N–H and O–H groups in total. The van der Waals surface area contributed by atoms with Gasteiger partial charge in [0.25, 0.3) is 0 Å². The largest absolute Gasteiger partial charge is 0.396 e. The average Bonchev–Trinajstić information content (AvgIpc) is 2.62. The molecule has 0 atom stereocenters. The smallest absolute Gasteiger partial charge is 0.0576 e. The minimum absolute atomic E-state index is 0.162. The lowest BCUT2D eigenvalue weighted by Crippen LogP contribution is -2.35. The molecule has 1 aliphatic rings. The highest BCUT2D eigenvalue weighted by atomic mass is 16.3. The van der Waals surface area contributed by atoms with E-state index in [0.29, 0.717) is 6.61 Å². The van der Waals surface area contributed by atoms with E-state index in [1.165, 1.54) is 12.8 Å². The van der Waals surface area contributed by atoms with E-state index in [1.807, 2.05) is 6.92 Å². The van der Waals surface area contributed by atoms with Gasteiger partial charge in [-0.05, 0) is 19.8 Å². The third-order valence-corrected chi connectivity index (χ3v) is 2.89. The van der Waals surface area contributed by atoms with Crippen molar-refractivity contribution in [1.82, 2.24) is 5.32 Å². The van der Waals surface area contributed by atoms with Crippen LogP contribution in [0.4, 0.5) is 0 Å². The predicted molar refractivity (Wildman–Crippen MR) is 54.3 cm³/mol. The second-order valence-electron chi connectivity index (χ2n) is 3.90. The zero-order chi connectivity index (χ0) is 9.57. The molecule has 0 aromatic rings. The van der Waals surface area contributed by atoms with Crippen molar-refractivity contribution in [3.8, 4) is 11.8 Å². The van der Waals surface area contributed by atoms with Gasteiger partial charge in [-0.1, -0.05) is 18.8 Å². The molecule has 0 amide bonds. The fourth-order valence-electron chi connectivity index (χ4n) is 1.99. The molecule has 0 bridgehead atoms. The van der Waals surface area contributed by atoms with E-state index in [4.69, 9.17) is 0 Å². The Balaban J connectivity index is 2.26. The normalized spacial score (nSPS) is 19.5. The van der Waals surface area contributed by atoms with Crippen molar-refractivity contribution in [1.29, 1.82) is 0 Å². The van der Waals surface area contributed by atoms with Gasteiger partial charge < -0.3 is 10.4 Å². The van der Waals surface area contributed by atoms with Crippen LogP contribution in [0.1, 0.15) is 32.6 Å². The van der Waals surface area contributed by atoms with Crippen molar-refractivity contribution in [3.05, 3.63) is 0 Å². The highest BCUT2D eigenvalue weighted by molar-refractivity contribution is 4.98. The van der Waals surface area contributed by atoms with Crippen molar-refractivity contribution >= 4 is 0 Å². The second-order valence-corrected chi connectivity index (χ2v) is 3.90. The molecule has 1 rings (SSSR count). The molecule has 0 radical (unpaired) electrons. The SMILES string of the molecule is CC#CCNCC1(CO)CCCC1. The van der Waals surface area contributed by atoms with Gasteiger partial charge in [0.05, 0.1) is 6.54 Å². The fraction of sp³-hybridized carbons (Fsp3) is 0.818. The summed E-state index contributed by atoms with van der Waals surface area (Å²) < 4.78 is 0. The van der Waals surface area contributed by atoms with Crippen LogP contribution in [-0.2, 0) is 0 Å². The first kappa shape index (κ1) is 10.6. The summed E-state index contributed by atoms with van der Waals surface area (Å²) in [6, 6.07) is 0. The molecule has 0 unspecified atom stereocenters. The van der Waals surface area contributed by atoms with Crippen LogP contribution in [0, 0.1) is 17.3 Å². The number of hydrogen-bond donors (Lipinski definition) is 2. The first-order valence-corrected chi connectivity index (χ1v) is 5.04. The van der Waals surface area contributed by atoms with E-state index < -0.39 is 0 Å². The summed E-state index contributed by atoms with van der Waals surface area (Å²) in [5.41, 5.74) is 0.162. The molecule has 0 heterocycles. The van der Waals surface area contributed by atoms with Gasteiger partial charge >= 0.3 is 0 Å². The molecule has 1 fully saturated rings. The maximum absolute atomic E-state index is 9.30. The van der Waals surface area contributed by atoms with Crippen LogP contribution in [0.15, 0.2) is 0 Å². The van der Waals surface area contributed by atoms with E-state index in [1.54, 1.807) is 0 Å². The summed E-state index contributed by atoms with van der Waals surface area (Å²) in [5.74, 6) is 5.82. The molecule has 1 saturated carbocycles. The van der Waals surface area contributed by atoms with Crippen LogP contribution in [0.5, 0.6) is 0 Å². The zero-order valence-corrected chi connectivity index (χ0v) is 8.40. The lowest BCUT2D eigenvalue weighted by molar-refractivity contribution is 0.130. The molecular weight excluding hydrogens is 162 g/mol. The molecule has 13 heavy (non-hydrogen) atoms. The van der Waals surface area contributed by atoms with Gasteiger partial charge in [0, 0.05) is 18.6 Å². The van der Waals surface area contributed by atoms with Gasteiger partial charge in [0.2, 0.25) is 0 Å². The van der Waals surface area contributed by atoms with Crippen LogP contribution in [0.25, 0.3) is 0 Å². The predicted octanol–water partition coefficient (Wildman–Crippen LogP) is 1.15. The first-order chi connectivity index (χ1) is 6.33. The Morgan fingerprint density at radius 1 is 1.38 bits per heavy atom. The Morgan fingerprint density at radius 3 is 2.62 bits per heavy atom. The van der Waals surface area contributed by atoms with Gasteiger partial charge in [0.15, 0.2) is 0 Å². The van der Waals surface area contributed by atoms with Gasteiger partial charge in [-0.25, -0.2) is 0 Å². The number of aliphatic hydroxyl groups is 1. The lowest BCUT2D eigenvalue weighted by Gasteiger charge is -2.26. The number of aliphatic hydroxyl groups excluding tert-OH is 1. The van der Waals surface area contributed by atoms with Crippen LogP contribution < -0.4 is 5.32 Å². The molecule has 1 aliphatic carbocycles. The quantitative estimate of drug-likeness (QED) is 0.504.